The normalized spacial score (nSPS) is 12.3. The maximum absolute atomic E-state index is 12.2. The van der Waals surface area contributed by atoms with Gasteiger partial charge in [-0.25, -0.2) is 9.78 Å². The molecule has 106 valence electrons. The van der Waals surface area contributed by atoms with Crippen LogP contribution in [0.4, 0.5) is 0 Å². The number of rotatable bonds is 3. The van der Waals surface area contributed by atoms with Crippen molar-refractivity contribution in [1.82, 2.24) is 9.55 Å². The van der Waals surface area contributed by atoms with Crippen molar-refractivity contribution < 1.29 is 9.53 Å². The van der Waals surface area contributed by atoms with E-state index in [1.807, 2.05) is 24.3 Å². The SMILES string of the molecule is CC(C(=O)Oc1ccc(Cl)cc1)n1cnc2ccccc21. The average molecular weight is 301 g/mol. The van der Waals surface area contributed by atoms with Crippen molar-refractivity contribution in [2.24, 2.45) is 0 Å². The third-order valence-corrected chi connectivity index (χ3v) is 3.52. The Balaban J connectivity index is 1.82. The van der Waals surface area contributed by atoms with E-state index in [1.165, 1.54) is 0 Å². The van der Waals surface area contributed by atoms with Gasteiger partial charge in [0.1, 0.15) is 11.8 Å². The Bertz CT molecular complexity index is 780. The van der Waals surface area contributed by atoms with Gasteiger partial charge < -0.3 is 9.30 Å². The number of ether oxygens (including phenoxy) is 1. The van der Waals surface area contributed by atoms with Crippen LogP contribution in [0, 0.1) is 0 Å². The van der Waals surface area contributed by atoms with E-state index in [4.69, 9.17) is 16.3 Å². The molecule has 1 heterocycles. The molecular weight excluding hydrogens is 288 g/mol. The molecule has 4 nitrogen and oxygen atoms in total. The minimum Gasteiger partial charge on any atom is -0.425 e. The second-order valence-electron chi connectivity index (χ2n) is 4.69. The molecule has 0 N–H and O–H groups in total. The van der Waals surface area contributed by atoms with Crippen molar-refractivity contribution >= 4 is 28.6 Å². The number of para-hydroxylation sites is 2. The highest BCUT2D eigenvalue weighted by Gasteiger charge is 2.19. The highest BCUT2D eigenvalue weighted by Crippen LogP contribution is 2.21. The Kier molecular flexibility index (Phi) is 3.62. The van der Waals surface area contributed by atoms with Gasteiger partial charge in [-0.15, -0.1) is 0 Å². The summed E-state index contributed by atoms with van der Waals surface area (Å²) >= 11 is 5.80. The average Bonchev–Trinajstić information content (AvgIpc) is 2.92. The molecule has 2 aromatic carbocycles. The van der Waals surface area contributed by atoms with E-state index in [9.17, 15) is 4.79 Å². The Labute approximate surface area is 126 Å². The largest absolute Gasteiger partial charge is 0.425 e. The number of esters is 1. The summed E-state index contributed by atoms with van der Waals surface area (Å²) in [7, 11) is 0. The zero-order chi connectivity index (χ0) is 14.8. The van der Waals surface area contributed by atoms with Gasteiger partial charge >= 0.3 is 5.97 Å². The molecule has 5 heteroatoms. The van der Waals surface area contributed by atoms with E-state index in [0.717, 1.165) is 11.0 Å². The van der Waals surface area contributed by atoms with Crippen molar-refractivity contribution in [2.45, 2.75) is 13.0 Å². The molecule has 1 atom stereocenters. The molecule has 0 bridgehead atoms. The topological polar surface area (TPSA) is 44.1 Å². The molecule has 0 saturated heterocycles. The first kappa shape index (κ1) is 13.6. The zero-order valence-corrected chi connectivity index (χ0v) is 12.1. The van der Waals surface area contributed by atoms with Crippen LogP contribution in [0.15, 0.2) is 54.9 Å². The number of imidazole rings is 1. The molecule has 0 aliphatic heterocycles. The maximum Gasteiger partial charge on any atom is 0.334 e. The number of nitrogens with zero attached hydrogens (tertiary/aromatic N) is 2. The van der Waals surface area contributed by atoms with E-state index >= 15 is 0 Å². The molecule has 21 heavy (non-hydrogen) atoms. The Morgan fingerprint density at radius 2 is 1.90 bits per heavy atom. The van der Waals surface area contributed by atoms with Crippen molar-refractivity contribution in [3.05, 3.63) is 59.9 Å². The second kappa shape index (κ2) is 5.58. The highest BCUT2D eigenvalue weighted by atomic mass is 35.5. The molecule has 3 rings (SSSR count). The molecule has 0 aliphatic carbocycles. The predicted molar refractivity (Wildman–Crippen MR) is 81.5 cm³/mol. The van der Waals surface area contributed by atoms with Crippen molar-refractivity contribution in [3.8, 4) is 5.75 Å². The van der Waals surface area contributed by atoms with Gasteiger partial charge in [-0.2, -0.15) is 0 Å². The van der Waals surface area contributed by atoms with E-state index in [2.05, 4.69) is 4.98 Å². The highest BCUT2D eigenvalue weighted by molar-refractivity contribution is 6.30. The maximum atomic E-state index is 12.2. The summed E-state index contributed by atoms with van der Waals surface area (Å²) in [5.74, 6) is 0.126. The predicted octanol–water partition coefficient (Wildman–Crippen LogP) is 3.86. The monoisotopic (exact) mass is 300 g/mol. The Hall–Kier alpha value is -2.33. The number of hydrogen-bond donors (Lipinski definition) is 0. The van der Waals surface area contributed by atoms with Gasteiger partial charge in [-0.3, -0.25) is 0 Å². The van der Waals surface area contributed by atoms with E-state index in [0.29, 0.717) is 10.8 Å². The summed E-state index contributed by atoms with van der Waals surface area (Å²) in [6, 6.07) is 13.9. The van der Waals surface area contributed by atoms with Gasteiger partial charge in [0.2, 0.25) is 0 Å². The fraction of sp³-hybridized carbons (Fsp3) is 0.125. The number of halogens is 1. The number of fused-ring (bicyclic) bond motifs is 1. The van der Waals surface area contributed by atoms with Gasteiger partial charge in [0.25, 0.3) is 0 Å². The summed E-state index contributed by atoms with van der Waals surface area (Å²) in [4.78, 5) is 16.5. The Morgan fingerprint density at radius 3 is 2.67 bits per heavy atom. The summed E-state index contributed by atoms with van der Waals surface area (Å²) in [6.07, 6.45) is 1.65. The van der Waals surface area contributed by atoms with Crippen molar-refractivity contribution in [3.63, 3.8) is 0 Å². The lowest BCUT2D eigenvalue weighted by Gasteiger charge is -2.13. The molecule has 0 radical (unpaired) electrons. The third kappa shape index (κ3) is 2.76. The van der Waals surface area contributed by atoms with E-state index < -0.39 is 6.04 Å². The zero-order valence-electron chi connectivity index (χ0n) is 11.4. The lowest BCUT2D eigenvalue weighted by atomic mass is 10.2. The summed E-state index contributed by atoms with van der Waals surface area (Å²) in [5.41, 5.74) is 1.75. The van der Waals surface area contributed by atoms with E-state index in [-0.39, 0.29) is 5.97 Å². The molecule has 0 fully saturated rings. The second-order valence-corrected chi connectivity index (χ2v) is 5.13. The van der Waals surface area contributed by atoms with Gasteiger partial charge in [0.15, 0.2) is 0 Å². The van der Waals surface area contributed by atoms with Crippen LogP contribution in [-0.4, -0.2) is 15.5 Å². The quantitative estimate of drug-likeness (QED) is 0.545. The molecular formula is C16H13ClN2O2. The van der Waals surface area contributed by atoms with Crippen molar-refractivity contribution in [2.75, 3.05) is 0 Å². The first-order valence-electron chi connectivity index (χ1n) is 6.54. The lowest BCUT2D eigenvalue weighted by Crippen LogP contribution is -2.21. The minimum atomic E-state index is -0.465. The van der Waals surface area contributed by atoms with Gasteiger partial charge in [0, 0.05) is 5.02 Å². The number of benzene rings is 2. The smallest absolute Gasteiger partial charge is 0.334 e. The summed E-state index contributed by atoms with van der Waals surface area (Å²) < 4.78 is 7.16. The number of carbonyl (C=O) groups is 1. The van der Waals surface area contributed by atoms with Crippen LogP contribution in [0.5, 0.6) is 5.75 Å². The minimum absolute atomic E-state index is 0.347. The van der Waals surface area contributed by atoms with Crippen molar-refractivity contribution in [1.29, 1.82) is 0 Å². The Morgan fingerprint density at radius 1 is 1.19 bits per heavy atom. The van der Waals surface area contributed by atoms with Crippen LogP contribution in [0.3, 0.4) is 0 Å². The van der Waals surface area contributed by atoms with Gasteiger partial charge in [0.05, 0.1) is 17.4 Å². The van der Waals surface area contributed by atoms with Crippen LogP contribution < -0.4 is 4.74 Å². The molecule has 0 amide bonds. The number of aromatic nitrogens is 2. The fourth-order valence-electron chi connectivity index (χ4n) is 2.10. The molecule has 1 aromatic heterocycles. The summed E-state index contributed by atoms with van der Waals surface area (Å²) in [5, 5.41) is 0.600. The van der Waals surface area contributed by atoms with Crippen LogP contribution >= 0.6 is 11.6 Å². The fourth-order valence-corrected chi connectivity index (χ4v) is 2.23. The van der Waals surface area contributed by atoms with Gasteiger partial charge in [-0.1, -0.05) is 23.7 Å². The van der Waals surface area contributed by atoms with Crippen LogP contribution in [0.25, 0.3) is 11.0 Å². The standard InChI is InChI=1S/C16H13ClN2O2/c1-11(16(20)21-13-8-6-12(17)7-9-13)19-10-18-14-4-2-3-5-15(14)19/h2-11H,1H3. The molecule has 1 unspecified atom stereocenters. The number of carbonyl (C=O) groups excluding carboxylic acids is 1. The number of hydrogen-bond acceptors (Lipinski definition) is 3. The molecule has 0 saturated carbocycles. The van der Waals surface area contributed by atoms with Crippen LogP contribution in [0.1, 0.15) is 13.0 Å². The van der Waals surface area contributed by atoms with Crippen LogP contribution in [-0.2, 0) is 4.79 Å². The lowest BCUT2D eigenvalue weighted by molar-refractivity contribution is -0.137. The van der Waals surface area contributed by atoms with Crippen LogP contribution in [0.2, 0.25) is 5.02 Å². The van der Waals surface area contributed by atoms with E-state index in [1.54, 1.807) is 42.1 Å². The first-order valence-corrected chi connectivity index (χ1v) is 6.92. The molecule has 0 spiro atoms. The first-order chi connectivity index (χ1) is 10.1. The third-order valence-electron chi connectivity index (χ3n) is 3.27. The molecule has 0 aliphatic rings. The molecule has 3 aromatic rings. The summed E-state index contributed by atoms with van der Waals surface area (Å²) in [6.45, 7) is 1.78. The van der Waals surface area contributed by atoms with Gasteiger partial charge in [-0.05, 0) is 43.3 Å².